The lowest BCUT2D eigenvalue weighted by Gasteiger charge is -2.09. The Morgan fingerprint density at radius 3 is 2.83 bits per heavy atom. The number of hydrogen-bond acceptors (Lipinski definition) is 3. The van der Waals surface area contributed by atoms with E-state index in [0.717, 1.165) is 5.56 Å². The highest BCUT2D eigenvalue weighted by molar-refractivity contribution is 5.88. The van der Waals surface area contributed by atoms with Gasteiger partial charge in [-0.25, -0.2) is 19.2 Å². The van der Waals surface area contributed by atoms with Gasteiger partial charge in [0.2, 0.25) is 0 Å². The Labute approximate surface area is 138 Å². The fourth-order valence-corrected chi connectivity index (χ4v) is 2.16. The SMILES string of the molecule is Cc1ccc(NC(=O)NCc2ccc(-n3ccnc3)c(F)c2)nc1. The highest BCUT2D eigenvalue weighted by Gasteiger charge is 2.07. The number of halogens is 1. The molecule has 2 heterocycles. The number of urea groups is 1. The molecule has 0 spiro atoms. The number of hydrogen-bond donors (Lipinski definition) is 2. The number of pyridine rings is 1. The van der Waals surface area contributed by atoms with Crippen molar-refractivity contribution in [2.24, 2.45) is 0 Å². The lowest BCUT2D eigenvalue weighted by atomic mass is 10.2. The van der Waals surface area contributed by atoms with E-state index in [2.05, 4.69) is 20.6 Å². The number of aromatic nitrogens is 3. The predicted octanol–water partition coefficient (Wildman–Crippen LogP) is 3.04. The fraction of sp³-hybridized carbons (Fsp3) is 0.118. The monoisotopic (exact) mass is 325 g/mol. The van der Waals surface area contributed by atoms with Crippen LogP contribution < -0.4 is 10.6 Å². The summed E-state index contributed by atoms with van der Waals surface area (Å²) in [4.78, 5) is 19.8. The summed E-state index contributed by atoms with van der Waals surface area (Å²) in [7, 11) is 0. The largest absolute Gasteiger partial charge is 0.334 e. The first-order valence-corrected chi connectivity index (χ1v) is 7.36. The summed E-state index contributed by atoms with van der Waals surface area (Å²) in [5.41, 5.74) is 2.07. The Morgan fingerprint density at radius 2 is 2.17 bits per heavy atom. The van der Waals surface area contributed by atoms with Crippen molar-refractivity contribution in [1.82, 2.24) is 19.9 Å². The Kier molecular flexibility index (Phi) is 4.51. The first-order valence-electron chi connectivity index (χ1n) is 7.36. The van der Waals surface area contributed by atoms with Crippen LogP contribution in [0.4, 0.5) is 15.0 Å². The van der Waals surface area contributed by atoms with Gasteiger partial charge in [0.1, 0.15) is 11.6 Å². The van der Waals surface area contributed by atoms with Crippen molar-refractivity contribution in [2.75, 3.05) is 5.32 Å². The van der Waals surface area contributed by atoms with Gasteiger partial charge in [-0.05, 0) is 36.2 Å². The van der Waals surface area contributed by atoms with Gasteiger partial charge >= 0.3 is 6.03 Å². The number of carbonyl (C=O) groups is 1. The molecule has 0 aliphatic carbocycles. The van der Waals surface area contributed by atoms with E-state index in [1.165, 1.54) is 12.4 Å². The number of rotatable bonds is 4. The second-order valence-electron chi connectivity index (χ2n) is 5.28. The van der Waals surface area contributed by atoms with Crippen LogP contribution in [0.3, 0.4) is 0 Å². The number of amides is 2. The van der Waals surface area contributed by atoms with E-state index in [4.69, 9.17) is 0 Å². The summed E-state index contributed by atoms with van der Waals surface area (Å²) in [6.45, 7) is 2.12. The van der Waals surface area contributed by atoms with Crippen LogP contribution in [0.2, 0.25) is 0 Å². The molecule has 0 unspecified atom stereocenters. The molecule has 0 aliphatic rings. The van der Waals surface area contributed by atoms with Crippen molar-refractivity contribution in [2.45, 2.75) is 13.5 Å². The maximum atomic E-state index is 14.1. The molecule has 1 aromatic carbocycles. The number of nitrogens with one attached hydrogen (secondary N) is 2. The summed E-state index contributed by atoms with van der Waals surface area (Å²) >= 11 is 0. The van der Waals surface area contributed by atoms with Gasteiger partial charge < -0.3 is 9.88 Å². The van der Waals surface area contributed by atoms with Gasteiger partial charge in [-0.2, -0.15) is 0 Å². The molecule has 7 heteroatoms. The maximum Gasteiger partial charge on any atom is 0.320 e. The topological polar surface area (TPSA) is 71.8 Å². The van der Waals surface area contributed by atoms with Crippen molar-refractivity contribution in [1.29, 1.82) is 0 Å². The molecule has 0 saturated heterocycles. The van der Waals surface area contributed by atoms with E-state index in [1.807, 2.05) is 13.0 Å². The van der Waals surface area contributed by atoms with Gasteiger partial charge in [0, 0.05) is 25.1 Å². The Balaban J connectivity index is 1.59. The average molecular weight is 325 g/mol. The first kappa shape index (κ1) is 15.7. The van der Waals surface area contributed by atoms with Crippen molar-refractivity contribution in [3.8, 4) is 5.69 Å². The number of benzene rings is 1. The molecule has 0 aliphatic heterocycles. The molecule has 0 atom stereocenters. The van der Waals surface area contributed by atoms with Crippen LogP contribution in [-0.2, 0) is 6.54 Å². The molecule has 122 valence electrons. The van der Waals surface area contributed by atoms with Crippen LogP contribution in [0.15, 0.2) is 55.2 Å². The van der Waals surface area contributed by atoms with Crippen molar-refractivity contribution >= 4 is 11.8 Å². The summed E-state index contributed by atoms with van der Waals surface area (Å²) in [5.74, 6) is 0.0765. The van der Waals surface area contributed by atoms with Crippen molar-refractivity contribution < 1.29 is 9.18 Å². The second kappa shape index (κ2) is 6.91. The zero-order chi connectivity index (χ0) is 16.9. The zero-order valence-corrected chi connectivity index (χ0v) is 13.0. The molecule has 0 radical (unpaired) electrons. The summed E-state index contributed by atoms with van der Waals surface area (Å²) in [6.07, 6.45) is 6.44. The van der Waals surface area contributed by atoms with Crippen LogP contribution in [-0.4, -0.2) is 20.6 Å². The maximum absolute atomic E-state index is 14.1. The number of aryl methyl sites for hydroxylation is 1. The molecule has 24 heavy (non-hydrogen) atoms. The molecule has 6 nitrogen and oxygen atoms in total. The van der Waals surface area contributed by atoms with E-state index in [0.29, 0.717) is 17.1 Å². The van der Waals surface area contributed by atoms with Crippen molar-refractivity contribution in [3.63, 3.8) is 0 Å². The fourth-order valence-electron chi connectivity index (χ4n) is 2.16. The second-order valence-corrected chi connectivity index (χ2v) is 5.28. The highest BCUT2D eigenvalue weighted by Crippen LogP contribution is 2.15. The van der Waals surface area contributed by atoms with E-state index < -0.39 is 6.03 Å². The van der Waals surface area contributed by atoms with E-state index in [-0.39, 0.29) is 12.4 Å². The van der Waals surface area contributed by atoms with Gasteiger partial charge in [0.25, 0.3) is 0 Å². The van der Waals surface area contributed by atoms with Crippen LogP contribution in [0, 0.1) is 12.7 Å². The summed E-state index contributed by atoms with van der Waals surface area (Å²) in [6, 6.07) is 7.96. The normalized spacial score (nSPS) is 10.4. The lowest BCUT2D eigenvalue weighted by molar-refractivity contribution is 0.251. The Bertz CT molecular complexity index is 831. The standard InChI is InChI=1S/C17H16FN5O/c1-12-2-5-16(20-9-12)22-17(24)21-10-13-3-4-15(14(18)8-13)23-7-6-19-11-23/h2-9,11H,10H2,1H3,(H2,20,21,22,24). The van der Waals surface area contributed by atoms with Crippen LogP contribution in [0.25, 0.3) is 5.69 Å². The highest BCUT2D eigenvalue weighted by atomic mass is 19.1. The smallest absolute Gasteiger partial charge is 0.320 e. The number of carbonyl (C=O) groups excluding carboxylic acids is 1. The predicted molar refractivity (Wildman–Crippen MR) is 88.4 cm³/mol. The van der Waals surface area contributed by atoms with Gasteiger partial charge in [0.05, 0.1) is 12.0 Å². The number of anilines is 1. The van der Waals surface area contributed by atoms with Crippen molar-refractivity contribution in [3.05, 3.63) is 72.2 Å². The van der Waals surface area contributed by atoms with E-state index in [9.17, 15) is 9.18 Å². The molecular weight excluding hydrogens is 309 g/mol. The van der Waals surface area contributed by atoms with E-state index >= 15 is 0 Å². The molecule has 2 N–H and O–H groups in total. The summed E-state index contributed by atoms with van der Waals surface area (Å²) < 4.78 is 15.7. The minimum Gasteiger partial charge on any atom is -0.334 e. The molecule has 2 aromatic heterocycles. The molecular formula is C17H16FN5O. The van der Waals surface area contributed by atoms with Gasteiger partial charge in [-0.1, -0.05) is 12.1 Å². The zero-order valence-electron chi connectivity index (χ0n) is 13.0. The molecule has 0 bridgehead atoms. The van der Waals surface area contributed by atoms with Crippen LogP contribution >= 0.6 is 0 Å². The third kappa shape index (κ3) is 3.75. The quantitative estimate of drug-likeness (QED) is 0.774. The third-order valence-electron chi connectivity index (χ3n) is 3.40. The first-order chi connectivity index (χ1) is 11.6. The third-order valence-corrected chi connectivity index (χ3v) is 3.40. The lowest BCUT2D eigenvalue weighted by Crippen LogP contribution is -2.28. The van der Waals surface area contributed by atoms with Gasteiger partial charge in [0.15, 0.2) is 0 Å². The molecule has 0 fully saturated rings. The van der Waals surface area contributed by atoms with Crippen LogP contribution in [0.1, 0.15) is 11.1 Å². The van der Waals surface area contributed by atoms with Gasteiger partial charge in [-0.15, -0.1) is 0 Å². The minimum atomic E-state index is -0.398. The van der Waals surface area contributed by atoms with E-state index in [1.54, 1.807) is 41.4 Å². The molecule has 3 aromatic rings. The Hall–Kier alpha value is -3.22. The summed E-state index contributed by atoms with van der Waals surface area (Å²) in [5, 5.41) is 5.29. The van der Waals surface area contributed by atoms with Crippen LogP contribution in [0.5, 0.6) is 0 Å². The average Bonchev–Trinajstić information content (AvgIpc) is 3.09. The minimum absolute atomic E-state index is 0.207. The molecule has 2 amide bonds. The number of nitrogens with zero attached hydrogens (tertiary/aromatic N) is 3. The number of imidazole rings is 1. The Morgan fingerprint density at radius 1 is 1.29 bits per heavy atom. The molecule has 0 saturated carbocycles. The molecule has 3 rings (SSSR count). The van der Waals surface area contributed by atoms with Gasteiger partial charge in [-0.3, -0.25) is 5.32 Å².